The average molecular weight is 242 g/mol. The largest absolute Gasteiger partial charge is 0.508 e. The van der Waals surface area contributed by atoms with Gasteiger partial charge in [-0.3, -0.25) is 0 Å². The van der Waals surface area contributed by atoms with Crippen molar-refractivity contribution in [3.63, 3.8) is 0 Å². The number of phenols is 3. The number of imidazole rings is 1. The number of hydrogen-bond acceptors (Lipinski definition) is 4. The zero-order chi connectivity index (χ0) is 12.7. The first-order valence-electron chi connectivity index (χ1n) is 5.35. The Hall–Kier alpha value is -2.69. The Morgan fingerprint density at radius 3 is 2.67 bits per heavy atom. The van der Waals surface area contributed by atoms with E-state index in [2.05, 4.69) is 9.97 Å². The number of aromatic nitrogens is 2. The Bertz CT molecular complexity index is 734. The zero-order valence-corrected chi connectivity index (χ0v) is 9.25. The molecule has 0 bridgehead atoms. The lowest BCUT2D eigenvalue weighted by Gasteiger charge is -2.02. The van der Waals surface area contributed by atoms with Crippen molar-refractivity contribution in [3.8, 4) is 28.6 Å². The van der Waals surface area contributed by atoms with E-state index < -0.39 is 0 Å². The molecule has 0 aliphatic rings. The van der Waals surface area contributed by atoms with Crippen molar-refractivity contribution >= 4 is 11.0 Å². The van der Waals surface area contributed by atoms with Crippen molar-refractivity contribution in [3.05, 3.63) is 36.4 Å². The molecule has 3 rings (SSSR count). The highest BCUT2D eigenvalue weighted by atomic mass is 16.3. The summed E-state index contributed by atoms with van der Waals surface area (Å²) in [6.07, 6.45) is 0. The molecule has 1 aromatic heterocycles. The minimum absolute atomic E-state index is 0.137. The van der Waals surface area contributed by atoms with Crippen LogP contribution in [0, 0.1) is 0 Å². The topological polar surface area (TPSA) is 89.4 Å². The molecule has 5 heteroatoms. The highest BCUT2D eigenvalue weighted by Crippen LogP contribution is 2.35. The summed E-state index contributed by atoms with van der Waals surface area (Å²) >= 11 is 0. The number of hydrogen-bond donors (Lipinski definition) is 4. The first-order valence-corrected chi connectivity index (χ1v) is 5.35. The second-order valence-corrected chi connectivity index (χ2v) is 3.96. The third kappa shape index (κ3) is 1.53. The molecule has 5 nitrogen and oxygen atoms in total. The van der Waals surface area contributed by atoms with E-state index in [4.69, 9.17) is 0 Å². The third-order valence-electron chi connectivity index (χ3n) is 2.74. The maximum atomic E-state index is 9.77. The second kappa shape index (κ2) is 3.66. The van der Waals surface area contributed by atoms with Gasteiger partial charge in [-0.15, -0.1) is 0 Å². The van der Waals surface area contributed by atoms with Gasteiger partial charge in [-0.25, -0.2) is 4.98 Å². The van der Waals surface area contributed by atoms with Crippen molar-refractivity contribution in [1.82, 2.24) is 9.97 Å². The van der Waals surface area contributed by atoms with Crippen LogP contribution >= 0.6 is 0 Å². The van der Waals surface area contributed by atoms with E-state index in [0.717, 1.165) is 0 Å². The Balaban J connectivity index is 2.22. The third-order valence-corrected chi connectivity index (χ3v) is 2.74. The summed E-state index contributed by atoms with van der Waals surface area (Å²) in [5, 5.41) is 28.6. The van der Waals surface area contributed by atoms with Gasteiger partial charge in [-0.2, -0.15) is 0 Å². The van der Waals surface area contributed by atoms with Crippen LogP contribution in [-0.2, 0) is 0 Å². The van der Waals surface area contributed by atoms with Gasteiger partial charge >= 0.3 is 0 Å². The van der Waals surface area contributed by atoms with Gasteiger partial charge in [0.25, 0.3) is 0 Å². The van der Waals surface area contributed by atoms with Gasteiger partial charge in [0.15, 0.2) is 11.5 Å². The molecule has 18 heavy (non-hydrogen) atoms. The minimum Gasteiger partial charge on any atom is -0.508 e. The first kappa shape index (κ1) is 10.5. The molecule has 3 aromatic rings. The molecule has 1 heterocycles. The highest BCUT2D eigenvalue weighted by Gasteiger charge is 2.12. The molecular weight excluding hydrogens is 232 g/mol. The predicted molar refractivity (Wildman–Crippen MR) is 66.5 cm³/mol. The van der Waals surface area contributed by atoms with Gasteiger partial charge in [0.2, 0.25) is 0 Å². The summed E-state index contributed by atoms with van der Waals surface area (Å²) in [5.74, 6) is 0.151. The molecule has 0 saturated carbocycles. The van der Waals surface area contributed by atoms with Crippen LogP contribution in [0.5, 0.6) is 17.2 Å². The fourth-order valence-electron chi connectivity index (χ4n) is 1.85. The van der Waals surface area contributed by atoms with E-state index in [1.165, 1.54) is 12.1 Å². The number of H-pyrrole nitrogens is 1. The van der Waals surface area contributed by atoms with Gasteiger partial charge in [0.05, 0.1) is 16.6 Å². The molecule has 0 radical (unpaired) electrons. The Morgan fingerprint density at radius 1 is 1.00 bits per heavy atom. The monoisotopic (exact) mass is 242 g/mol. The highest BCUT2D eigenvalue weighted by molar-refractivity contribution is 5.82. The van der Waals surface area contributed by atoms with E-state index in [1.807, 2.05) is 0 Å². The molecule has 90 valence electrons. The van der Waals surface area contributed by atoms with E-state index in [-0.39, 0.29) is 17.2 Å². The minimum atomic E-state index is -0.222. The summed E-state index contributed by atoms with van der Waals surface area (Å²) in [6.45, 7) is 0. The summed E-state index contributed by atoms with van der Waals surface area (Å²) in [6, 6.07) is 9.42. The molecule has 0 fully saturated rings. The molecule has 0 atom stereocenters. The van der Waals surface area contributed by atoms with E-state index in [1.54, 1.807) is 24.3 Å². The van der Waals surface area contributed by atoms with Crippen LogP contribution in [0.4, 0.5) is 0 Å². The van der Waals surface area contributed by atoms with Gasteiger partial charge in [0, 0.05) is 6.07 Å². The Morgan fingerprint density at radius 2 is 1.83 bits per heavy atom. The number of benzene rings is 2. The molecule has 0 saturated heterocycles. The standard InChI is InChI=1S/C13H10N2O3/c16-7-4-5-9-10(6-7)15-13(14-9)8-2-1-3-11(17)12(8)18/h1-6,16-18H,(H,14,15). The molecule has 0 amide bonds. The Kier molecular flexibility index (Phi) is 2.13. The lowest BCUT2D eigenvalue weighted by atomic mass is 10.2. The summed E-state index contributed by atoms with van der Waals surface area (Å²) in [7, 11) is 0. The number of nitrogens with one attached hydrogen (secondary N) is 1. The predicted octanol–water partition coefficient (Wildman–Crippen LogP) is 2.35. The number of phenolic OH excluding ortho intramolecular Hbond substituents is 3. The lowest BCUT2D eigenvalue weighted by Crippen LogP contribution is -1.81. The average Bonchev–Trinajstić information content (AvgIpc) is 2.75. The van der Waals surface area contributed by atoms with Crippen molar-refractivity contribution in [2.45, 2.75) is 0 Å². The van der Waals surface area contributed by atoms with Crippen LogP contribution in [0.3, 0.4) is 0 Å². The van der Waals surface area contributed by atoms with Crippen molar-refractivity contribution in [2.24, 2.45) is 0 Å². The van der Waals surface area contributed by atoms with E-state index >= 15 is 0 Å². The summed E-state index contributed by atoms with van der Waals surface area (Å²) in [4.78, 5) is 7.27. The second-order valence-electron chi connectivity index (χ2n) is 3.96. The van der Waals surface area contributed by atoms with Gasteiger partial charge < -0.3 is 20.3 Å². The van der Waals surface area contributed by atoms with E-state index in [0.29, 0.717) is 22.4 Å². The van der Waals surface area contributed by atoms with Crippen molar-refractivity contribution in [1.29, 1.82) is 0 Å². The molecule has 2 aromatic carbocycles. The van der Waals surface area contributed by atoms with Crippen molar-refractivity contribution < 1.29 is 15.3 Å². The molecule has 0 unspecified atom stereocenters. The summed E-state index contributed by atoms with van der Waals surface area (Å²) in [5.41, 5.74) is 1.74. The van der Waals surface area contributed by atoms with Gasteiger partial charge in [0.1, 0.15) is 11.6 Å². The zero-order valence-electron chi connectivity index (χ0n) is 9.25. The number of aromatic amines is 1. The number of aromatic hydroxyl groups is 3. The molecule has 4 N–H and O–H groups in total. The number of fused-ring (bicyclic) bond motifs is 1. The quantitative estimate of drug-likeness (QED) is 0.493. The number of nitrogens with zero attached hydrogens (tertiary/aromatic N) is 1. The lowest BCUT2D eigenvalue weighted by molar-refractivity contribution is 0.405. The first-order chi connectivity index (χ1) is 8.65. The summed E-state index contributed by atoms with van der Waals surface area (Å²) < 4.78 is 0. The SMILES string of the molecule is Oc1ccc2nc(-c3cccc(O)c3O)[nH]c2c1. The van der Waals surface area contributed by atoms with E-state index in [9.17, 15) is 15.3 Å². The van der Waals surface area contributed by atoms with Crippen LogP contribution in [0.2, 0.25) is 0 Å². The van der Waals surface area contributed by atoms with Crippen LogP contribution in [0.25, 0.3) is 22.4 Å². The Labute approximate surface area is 102 Å². The maximum absolute atomic E-state index is 9.77. The number of rotatable bonds is 1. The molecule has 0 aliphatic carbocycles. The smallest absolute Gasteiger partial charge is 0.168 e. The normalized spacial score (nSPS) is 10.9. The fraction of sp³-hybridized carbons (Fsp3) is 0. The molecular formula is C13H10N2O3. The van der Waals surface area contributed by atoms with Crippen LogP contribution in [0.1, 0.15) is 0 Å². The molecule has 0 spiro atoms. The molecule has 0 aliphatic heterocycles. The maximum Gasteiger partial charge on any atom is 0.168 e. The fourth-order valence-corrected chi connectivity index (χ4v) is 1.85. The van der Waals surface area contributed by atoms with Crippen molar-refractivity contribution in [2.75, 3.05) is 0 Å². The van der Waals surface area contributed by atoms with Gasteiger partial charge in [-0.05, 0) is 24.3 Å². The van der Waals surface area contributed by atoms with Crippen LogP contribution < -0.4 is 0 Å². The van der Waals surface area contributed by atoms with Gasteiger partial charge in [-0.1, -0.05) is 6.07 Å². The van der Waals surface area contributed by atoms with Crippen LogP contribution in [0.15, 0.2) is 36.4 Å². The van der Waals surface area contributed by atoms with Crippen LogP contribution in [-0.4, -0.2) is 25.3 Å². The number of para-hydroxylation sites is 1.